The summed E-state index contributed by atoms with van der Waals surface area (Å²) in [4.78, 5) is 17.3. The van der Waals surface area contributed by atoms with Crippen LogP contribution in [0.3, 0.4) is 0 Å². The maximum absolute atomic E-state index is 12.6. The Bertz CT molecular complexity index is 561. The summed E-state index contributed by atoms with van der Waals surface area (Å²) in [6.45, 7) is 9.21. The number of likely N-dealkylation sites (tertiary alicyclic amines) is 1. The van der Waals surface area contributed by atoms with E-state index in [0.29, 0.717) is 24.4 Å². The number of rotatable bonds is 5. The number of anilines is 1. The van der Waals surface area contributed by atoms with E-state index in [1.54, 1.807) is 0 Å². The lowest BCUT2D eigenvalue weighted by atomic mass is 9.94. The van der Waals surface area contributed by atoms with Crippen LogP contribution < -0.4 is 4.90 Å². The second-order valence-corrected chi connectivity index (χ2v) is 7.98. The van der Waals surface area contributed by atoms with Crippen LogP contribution >= 0.6 is 0 Å². The minimum atomic E-state index is 0.319. The summed E-state index contributed by atoms with van der Waals surface area (Å²) in [5.41, 5.74) is 2.50. The summed E-state index contributed by atoms with van der Waals surface area (Å²) < 4.78 is 0. The van der Waals surface area contributed by atoms with Gasteiger partial charge in [0, 0.05) is 37.3 Å². The molecule has 3 rings (SSSR count). The van der Waals surface area contributed by atoms with Crippen molar-refractivity contribution in [1.82, 2.24) is 4.90 Å². The minimum Gasteiger partial charge on any atom is -0.309 e. The van der Waals surface area contributed by atoms with E-state index in [1.807, 2.05) is 0 Å². The Labute approximate surface area is 147 Å². The van der Waals surface area contributed by atoms with Gasteiger partial charge in [0.1, 0.15) is 0 Å². The predicted molar refractivity (Wildman–Crippen MR) is 100 cm³/mol. The molecule has 0 bridgehead atoms. The quantitative estimate of drug-likeness (QED) is 0.806. The lowest BCUT2D eigenvalue weighted by molar-refractivity contribution is -0.119. The van der Waals surface area contributed by atoms with Crippen LogP contribution in [0.1, 0.15) is 58.4 Å². The summed E-state index contributed by atoms with van der Waals surface area (Å²) in [6.07, 6.45) is 6.36. The van der Waals surface area contributed by atoms with Gasteiger partial charge in [0.25, 0.3) is 0 Å². The fourth-order valence-corrected chi connectivity index (χ4v) is 4.20. The Hall–Kier alpha value is -1.35. The number of nitrogens with zero attached hydrogens (tertiary/aromatic N) is 2. The van der Waals surface area contributed by atoms with Crippen LogP contribution in [0.25, 0.3) is 0 Å². The molecule has 0 radical (unpaired) electrons. The lowest BCUT2D eigenvalue weighted by Gasteiger charge is -2.42. The molecule has 0 spiro atoms. The van der Waals surface area contributed by atoms with Gasteiger partial charge in [-0.15, -0.1) is 0 Å². The number of amides is 1. The monoisotopic (exact) mass is 328 g/mol. The van der Waals surface area contributed by atoms with Gasteiger partial charge >= 0.3 is 0 Å². The van der Waals surface area contributed by atoms with E-state index in [4.69, 9.17) is 0 Å². The molecule has 24 heavy (non-hydrogen) atoms. The van der Waals surface area contributed by atoms with Crippen LogP contribution in [0.2, 0.25) is 0 Å². The van der Waals surface area contributed by atoms with Gasteiger partial charge in [0.15, 0.2) is 0 Å². The molecule has 132 valence electrons. The number of piperidine rings is 1. The Kier molecular flexibility index (Phi) is 5.60. The Morgan fingerprint density at radius 3 is 2.46 bits per heavy atom. The molecule has 3 nitrogen and oxygen atoms in total. The van der Waals surface area contributed by atoms with Gasteiger partial charge < -0.3 is 9.80 Å². The molecule has 0 N–H and O–H groups in total. The molecule has 1 saturated heterocycles. The van der Waals surface area contributed by atoms with Gasteiger partial charge in [-0.2, -0.15) is 0 Å². The summed E-state index contributed by atoms with van der Waals surface area (Å²) in [7, 11) is 0. The number of benzene rings is 1. The highest BCUT2D eigenvalue weighted by atomic mass is 16.2. The van der Waals surface area contributed by atoms with Crippen LogP contribution in [-0.2, 0) is 11.2 Å². The topological polar surface area (TPSA) is 23.6 Å². The number of hydrogen-bond donors (Lipinski definition) is 0. The second-order valence-electron chi connectivity index (χ2n) is 7.98. The smallest absolute Gasteiger partial charge is 0.227 e. The zero-order valence-corrected chi connectivity index (χ0v) is 15.5. The third-order valence-electron chi connectivity index (χ3n) is 5.78. The molecular weight excluding hydrogens is 296 g/mol. The number of para-hydroxylation sites is 1. The van der Waals surface area contributed by atoms with Crippen molar-refractivity contribution in [3.05, 3.63) is 29.8 Å². The van der Waals surface area contributed by atoms with Gasteiger partial charge in [0.2, 0.25) is 5.91 Å². The van der Waals surface area contributed by atoms with Crippen molar-refractivity contribution >= 4 is 11.6 Å². The minimum absolute atomic E-state index is 0.319. The summed E-state index contributed by atoms with van der Waals surface area (Å²) in [6, 6.07) is 9.51. The van der Waals surface area contributed by atoms with Crippen LogP contribution in [-0.4, -0.2) is 36.0 Å². The van der Waals surface area contributed by atoms with Crippen molar-refractivity contribution < 1.29 is 4.79 Å². The molecule has 2 heterocycles. The Morgan fingerprint density at radius 1 is 1.04 bits per heavy atom. The molecular formula is C21H32N2O. The molecule has 3 heteroatoms. The number of aryl methyl sites for hydroxylation is 1. The second kappa shape index (κ2) is 7.69. The number of carbonyl (C=O) groups is 1. The van der Waals surface area contributed by atoms with Gasteiger partial charge in [-0.25, -0.2) is 0 Å². The fraction of sp³-hybridized carbons (Fsp3) is 0.667. The highest BCUT2D eigenvalue weighted by Crippen LogP contribution is 2.32. The third-order valence-corrected chi connectivity index (χ3v) is 5.78. The highest BCUT2D eigenvalue weighted by Gasteiger charge is 2.33. The molecule has 1 fully saturated rings. The third kappa shape index (κ3) is 3.83. The molecule has 2 aliphatic heterocycles. The van der Waals surface area contributed by atoms with E-state index >= 15 is 0 Å². The van der Waals surface area contributed by atoms with Crippen LogP contribution in [0.5, 0.6) is 0 Å². The summed E-state index contributed by atoms with van der Waals surface area (Å²) in [5, 5.41) is 0. The predicted octanol–water partition coefficient (Wildman–Crippen LogP) is 4.25. The van der Waals surface area contributed by atoms with Crippen LogP contribution in [0.4, 0.5) is 5.69 Å². The van der Waals surface area contributed by atoms with Crippen molar-refractivity contribution in [2.75, 3.05) is 18.0 Å². The number of hydrogen-bond acceptors (Lipinski definition) is 2. The highest BCUT2D eigenvalue weighted by molar-refractivity contribution is 5.97. The van der Waals surface area contributed by atoms with Crippen LogP contribution in [0.15, 0.2) is 24.3 Å². The van der Waals surface area contributed by atoms with E-state index in [0.717, 1.165) is 38.3 Å². The van der Waals surface area contributed by atoms with Crippen molar-refractivity contribution in [1.29, 1.82) is 0 Å². The SMILES string of the molecule is CC(C)CCC(C)N1CCC(N2C(=O)CCc3ccccc32)CC1. The molecule has 0 aromatic heterocycles. The molecule has 1 unspecified atom stereocenters. The summed E-state index contributed by atoms with van der Waals surface area (Å²) >= 11 is 0. The van der Waals surface area contributed by atoms with Crippen molar-refractivity contribution in [2.45, 2.75) is 71.4 Å². The summed E-state index contributed by atoms with van der Waals surface area (Å²) in [5.74, 6) is 1.10. The van der Waals surface area contributed by atoms with Crippen molar-refractivity contribution in [3.63, 3.8) is 0 Å². The van der Waals surface area contributed by atoms with E-state index in [9.17, 15) is 4.79 Å². The Morgan fingerprint density at radius 2 is 1.75 bits per heavy atom. The normalized spacial score (nSPS) is 21.2. The Balaban J connectivity index is 1.61. The van der Waals surface area contributed by atoms with E-state index in [1.165, 1.54) is 24.1 Å². The molecule has 1 atom stereocenters. The number of fused-ring (bicyclic) bond motifs is 1. The first-order valence-electron chi connectivity index (χ1n) is 9.70. The molecule has 0 aliphatic carbocycles. The van der Waals surface area contributed by atoms with Crippen molar-refractivity contribution in [3.8, 4) is 0 Å². The first-order chi connectivity index (χ1) is 11.6. The van der Waals surface area contributed by atoms with E-state index in [-0.39, 0.29) is 0 Å². The molecule has 1 aromatic carbocycles. The van der Waals surface area contributed by atoms with E-state index < -0.39 is 0 Å². The van der Waals surface area contributed by atoms with Gasteiger partial charge in [-0.05, 0) is 56.6 Å². The maximum atomic E-state index is 12.6. The molecule has 0 saturated carbocycles. The molecule has 1 aromatic rings. The lowest BCUT2D eigenvalue weighted by Crippen LogP contribution is -2.50. The standard InChI is InChI=1S/C21H32N2O/c1-16(2)8-9-17(3)22-14-12-19(13-15-22)23-20-7-5-4-6-18(20)10-11-21(23)24/h4-7,16-17,19H,8-15H2,1-3H3. The van der Waals surface area contributed by atoms with E-state index in [2.05, 4.69) is 54.8 Å². The average Bonchev–Trinajstić information content (AvgIpc) is 2.60. The first-order valence-corrected chi connectivity index (χ1v) is 9.70. The zero-order chi connectivity index (χ0) is 17.1. The zero-order valence-electron chi connectivity index (χ0n) is 15.5. The molecule has 2 aliphatic rings. The van der Waals surface area contributed by atoms with Crippen molar-refractivity contribution in [2.24, 2.45) is 5.92 Å². The number of carbonyl (C=O) groups excluding carboxylic acids is 1. The van der Waals surface area contributed by atoms with Gasteiger partial charge in [-0.3, -0.25) is 4.79 Å². The van der Waals surface area contributed by atoms with Gasteiger partial charge in [0.05, 0.1) is 0 Å². The maximum Gasteiger partial charge on any atom is 0.227 e. The fourth-order valence-electron chi connectivity index (χ4n) is 4.20. The average molecular weight is 329 g/mol. The molecule has 1 amide bonds. The first kappa shape index (κ1) is 17.5. The largest absolute Gasteiger partial charge is 0.309 e. The van der Waals surface area contributed by atoms with Gasteiger partial charge in [-0.1, -0.05) is 32.0 Å². The van der Waals surface area contributed by atoms with Crippen LogP contribution in [0, 0.1) is 5.92 Å².